The van der Waals surface area contributed by atoms with Crippen LogP contribution >= 0.6 is 0 Å². The molecule has 106 valence electrons. The van der Waals surface area contributed by atoms with Gasteiger partial charge in [0, 0.05) is 18.8 Å². The molecule has 0 aliphatic heterocycles. The maximum atomic E-state index is 11.9. The molecule has 0 saturated heterocycles. The number of carbonyl (C=O) groups is 1. The first-order valence-corrected chi connectivity index (χ1v) is 5.93. The summed E-state index contributed by atoms with van der Waals surface area (Å²) in [6.45, 7) is -1.68. The summed E-state index contributed by atoms with van der Waals surface area (Å²) in [6.07, 6.45) is -2.12. The van der Waals surface area contributed by atoms with Crippen molar-refractivity contribution < 1.29 is 27.2 Å². The zero-order chi connectivity index (χ0) is 13.9. The molecule has 2 rings (SSSR count). The number of ketones is 1. The summed E-state index contributed by atoms with van der Waals surface area (Å²) in [5.41, 5.74) is 0. The van der Waals surface area contributed by atoms with Crippen molar-refractivity contribution >= 4 is 5.78 Å². The van der Waals surface area contributed by atoms with Crippen LogP contribution in [0.5, 0.6) is 0 Å². The van der Waals surface area contributed by atoms with Gasteiger partial charge in [-0.3, -0.25) is 4.79 Å². The zero-order valence-electron chi connectivity index (χ0n) is 10.1. The number of hydrogen-bond acceptors (Lipinski definition) is 5. The molecule has 0 N–H and O–H groups in total. The fourth-order valence-electron chi connectivity index (χ4n) is 1.94. The van der Waals surface area contributed by atoms with Crippen LogP contribution in [-0.2, 0) is 16.1 Å². The van der Waals surface area contributed by atoms with Gasteiger partial charge in [-0.1, -0.05) is 5.16 Å². The van der Waals surface area contributed by atoms with E-state index in [2.05, 4.69) is 14.9 Å². The van der Waals surface area contributed by atoms with E-state index in [4.69, 9.17) is 4.52 Å². The van der Waals surface area contributed by atoms with Gasteiger partial charge in [-0.15, -0.1) is 0 Å². The summed E-state index contributed by atoms with van der Waals surface area (Å²) in [5, 5.41) is 3.57. The van der Waals surface area contributed by atoms with Gasteiger partial charge in [0.25, 0.3) is 0 Å². The Kier molecular flexibility index (Phi) is 4.18. The lowest BCUT2D eigenvalue weighted by Crippen LogP contribution is -2.17. The summed E-state index contributed by atoms with van der Waals surface area (Å²) in [5.74, 6) is 0.695. The van der Waals surface area contributed by atoms with E-state index in [1.54, 1.807) is 0 Å². The van der Waals surface area contributed by atoms with E-state index in [1.165, 1.54) is 0 Å². The second-order valence-corrected chi connectivity index (χ2v) is 4.47. The molecule has 0 unspecified atom stereocenters. The van der Waals surface area contributed by atoms with Crippen LogP contribution in [0.1, 0.15) is 43.3 Å². The fraction of sp³-hybridized carbons (Fsp3) is 0.727. The van der Waals surface area contributed by atoms with Gasteiger partial charge in [-0.25, -0.2) is 0 Å². The molecule has 1 aliphatic rings. The highest BCUT2D eigenvalue weighted by atomic mass is 19.4. The molecule has 1 saturated carbocycles. The average molecular weight is 278 g/mol. The van der Waals surface area contributed by atoms with E-state index < -0.39 is 12.8 Å². The van der Waals surface area contributed by atoms with E-state index in [0.717, 1.165) is 0 Å². The molecule has 0 bridgehead atoms. The minimum atomic E-state index is -4.36. The minimum absolute atomic E-state index is 0.0153. The largest absolute Gasteiger partial charge is 0.411 e. The number of aromatic nitrogens is 2. The Morgan fingerprint density at radius 3 is 2.63 bits per heavy atom. The SMILES string of the molecule is O=C1CCC(c2nc(COCC(F)(F)F)no2)CC1. The van der Waals surface area contributed by atoms with Gasteiger partial charge in [-0.2, -0.15) is 18.2 Å². The Balaban J connectivity index is 1.83. The van der Waals surface area contributed by atoms with Gasteiger partial charge >= 0.3 is 6.18 Å². The molecule has 1 aromatic heterocycles. The molecule has 1 fully saturated rings. The predicted octanol–water partition coefficient (Wildman–Crippen LogP) is 2.38. The van der Waals surface area contributed by atoms with Crippen molar-refractivity contribution in [2.45, 2.75) is 44.4 Å². The molecule has 1 heterocycles. The predicted molar refractivity (Wildman–Crippen MR) is 56.2 cm³/mol. The van der Waals surface area contributed by atoms with Gasteiger partial charge in [0.05, 0.1) is 0 Å². The lowest BCUT2D eigenvalue weighted by molar-refractivity contribution is -0.177. The third kappa shape index (κ3) is 4.30. The Morgan fingerprint density at radius 2 is 2.00 bits per heavy atom. The van der Waals surface area contributed by atoms with Crippen LogP contribution < -0.4 is 0 Å². The molecule has 1 aliphatic carbocycles. The molecule has 5 nitrogen and oxygen atoms in total. The van der Waals surface area contributed by atoms with Gasteiger partial charge in [-0.05, 0) is 12.8 Å². The topological polar surface area (TPSA) is 65.2 Å². The molecular weight excluding hydrogens is 265 g/mol. The summed E-state index contributed by atoms with van der Waals surface area (Å²) in [6, 6.07) is 0. The average Bonchev–Trinajstić information content (AvgIpc) is 2.77. The number of nitrogens with zero attached hydrogens (tertiary/aromatic N) is 2. The first-order valence-electron chi connectivity index (χ1n) is 5.93. The lowest BCUT2D eigenvalue weighted by atomic mass is 9.88. The van der Waals surface area contributed by atoms with Crippen LogP contribution in [0.15, 0.2) is 4.52 Å². The Morgan fingerprint density at radius 1 is 1.32 bits per heavy atom. The molecule has 1 aromatic rings. The Bertz CT molecular complexity index is 435. The first kappa shape index (κ1) is 14.0. The zero-order valence-corrected chi connectivity index (χ0v) is 10.1. The number of hydrogen-bond donors (Lipinski definition) is 0. The molecular formula is C11H13F3N2O3. The number of Topliss-reactive ketones (excluding diaryl/α,β-unsaturated/α-hetero) is 1. The van der Waals surface area contributed by atoms with Crippen LogP contribution in [0, 0.1) is 0 Å². The second-order valence-electron chi connectivity index (χ2n) is 4.47. The molecule has 0 atom stereocenters. The highest BCUT2D eigenvalue weighted by molar-refractivity contribution is 5.79. The van der Waals surface area contributed by atoms with Crippen molar-refractivity contribution in [3.63, 3.8) is 0 Å². The number of halogens is 3. The normalized spacial score (nSPS) is 17.9. The van der Waals surface area contributed by atoms with Gasteiger partial charge in [0.1, 0.15) is 19.0 Å². The Hall–Kier alpha value is -1.44. The van der Waals surface area contributed by atoms with Crippen molar-refractivity contribution in [2.75, 3.05) is 6.61 Å². The standard InChI is InChI=1S/C11H13F3N2O3/c12-11(13,14)6-18-5-9-15-10(19-16-9)7-1-3-8(17)4-2-7/h7H,1-6H2. The third-order valence-corrected chi connectivity index (χ3v) is 2.87. The van der Waals surface area contributed by atoms with E-state index >= 15 is 0 Å². The third-order valence-electron chi connectivity index (χ3n) is 2.87. The van der Waals surface area contributed by atoms with Crippen molar-refractivity contribution in [3.8, 4) is 0 Å². The Labute approximate surface area is 107 Å². The minimum Gasteiger partial charge on any atom is -0.364 e. The smallest absolute Gasteiger partial charge is 0.364 e. The van der Waals surface area contributed by atoms with Crippen molar-refractivity contribution in [2.24, 2.45) is 0 Å². The summed E-state index contributed by atoms with van der Waals surface area (Å²) in [4.78, 5) is 15.1. The first-order chi connectivity index (χ1) is 8.94. The van der Waals surface area contributed by atoms with Gasteiger partial charge < -0.3 is 9.26 Å². The van der Waals surface area contributed by atoms with E-state index in [9.17, 15) is 18.0 Å². The maximum Gasteiger partial charge on any atom is 0.411 e. The quantitative estimate of drug-likeness (QED) is 0.846. The number of carbonyl (C=O) groups excluding carboxylic acids is 1. The van der Waals surface area contributed by atoms with Crippen LogP contribution in [0.2, 0.25) is 0 Å². The van der Waals surface area contributed by atoms with E-state index in [1.807, 2.05) is 0 Å². The number of rotatable bonds is 4. The van der Waals surface area contributed by atoms with Crippen molar-refractivity contribution in [1.29, 1.82) is 0 Å². The maximum absolute atomic E-state index is 11.9. The molecule has 0 radical (unpaired) electrons. The summed E-state index contributed by atoms with van der Waals surface area (Å²) < 4.78 is 45.0. The van der Waals surface area contributed by atoms with E-state index in [-0.39, 0.29) is 24.1 Å². The molecule has 0 amide bonds. The summed E-state index contributed by atoms with van der Waals surface area (Å²) in [7, 11) is 0. The van der Waals surface area contributed by atoms with Gasteiger partial charge in [0.2, 0.25) is 5.89 Å². The second kappa shape index (κ2) is 5.68. The van der Waals surface area contributed by atoms with Crippen LogP contribution in [0.25, 0.3) is 0 Å². The molecule has 19 heavy (non-hydrogen) atoms. The van der Waals surface area contributed by atoms with Crippen molar-refractivity contribution in [3.05, 3.63) is 11.7 Å². The monoisotopic (exact) mass is 278 g/mol. The van der Waals surface area contributed by atoms with Crippen LogP contribution in [0.4, 0.5) is 13.2 Å². The molecule has 0 spiro atoms. The highest BCUT2D eigenvalue weighted by Crippen LogP contribution is 2.30. The fourth-order valence-corrected chi connectivity index (χ4v) is 1.94. The van der Waals surface area contributed by atoms with Gasteiger partial charge in [0.15, 0.2) is 5.82 Å². The number of alkyl halides is 3. The number of ether oxygens (including phenoxy) is 1. The molecule has 8 heteroatoms. The van der Waals surface area contributed by atoms with Crippen LogP contribution in [-0.4, -0.2) is 28.7 Å². The highest BCUT2D eigenvalue weighted by Gasteiger charge is 2.28. The molecule has 0 aromatic carbocycles. The van der Waals surface area contributed by atoms with Crippen molar-refractivity contribution in [1.82, 2.24) is 10.1 Å². The van der Waals surface area contributed by atoms with Crippen LogP contribution in [0.3, 0.4) is 0 Å². The summed E-state index contributed by atoms with van der Waals surface area (Å²) >= 11 is 0. The lowest BCUT2D eigenvalue weighted by Gasteiger charge is -2.16. The van der Waals surface area contributed by atoms with E-state index in [0.29, 0.717) is 31.6 Å².